The number of guanidine groups is 1. The van der Waals surface area contributed by atoms with Gasteiger partial charge in [-0.05, 0) is 37.5 Å². The Balaban J connectivity index is 2.36. The first-order valence-corrected chi connectivity index (χ1v) is 8.52. The minimum atomic E-state index is 0.568. The van der Waals surface area contributed by atoms with Gasteiger partial charge in [-0.3, -0.25) is 4.99 Å². The normalized spacial score (nSPS) is 11.2. The van der Waals surface area contributed by atoms with Crippen LogP contribution in [0.4, 0.5) is 0 Å². The maximum absolute atomic E-state index is 5.70. The second kappa shape index (κ2) is 12.4. The van der Waals surface area contributed by atoms with Crippen LogP contribution in [0.2, 0.25) is 0 Å². The highest BCUT2D eigenvalue weighted by atomic mass is 16.5. The Morgan fingerprint density at radius 2 is 2.25 bits per heavy atom. The summed E-state index contributed by atoms with van der Waals surface area (Å²) in [5, 5.41) is 3.31. The van der Waals surface area contributed by atoms with Gasteiger partial charge in [0, 0.05) is 20.1 Å². The van der Waals surface area contributed by atoms with Crippen LogP contribution in [0.15, 0.2) is 41.9 Å². The number of hydrogen-bond donors (Lipinski definition) is 1. The molecule has 0 amide bonds. The van der Waals surface area contributed by atoms with Crippen LogP contribution in [0.1, 0.15) is 25.3 Å². The number of aliphatic imine (C=N–C) groups is 1. The number of benzene rings is 1. The number of allylic oxidation sites excluding steroid dienone is 1. The summed E-state index contributed by atoms with van der Waals surface area (Å²) in [4.78, 5) is 6.76. The average molecular weight is 333 g/mol. The molecule has 0 aromatic heterocycles. The van der Waals surface area contributed by atoms with Gasteiger partial charge in [0.05, 0.1) is 26.9 Å². The zero-order valence-corrected chi connectivity index (χ0v) is 15.3. The van der Waals surface area contributed by atoms with Gasteiger partial charge < -0.3 is 19.7 Å². The molecule has 0 aliphatic heterocycles. The molecule has 1 aromatic carbocycles. The van der Waals surface area contributed by atoms with E-state index in [0.29, 0.717) is 19.8 Å². The fourth-order valence-electron chi connectivity index (χ4n) is 2.22. The Morgan fingerprint density at radius 1 is 1.42 bits per heavy atom. The van der Waals surface area contributed by atoms with Gasteiger partial charge in [0.15, 0.2) is 5.96 Å². The fraction of sp³-hybridized carbons (Fsp3) is 0.526. The molecule has 0 radical (unpaired) electrons. The van der Waals surface area contributed by atoms with Crippen LogP contribution in [-0.4, -0.2) is 51.3 Å². The number of methoxy groups -OCH3 is 1. The zero-order chi connectivity index (χ0) is 17.6. The lowest BCUT2D eigenvalue weighted by Gasteiger charge is -2.21. The average Bonchev–Trinajstić information content (AvgIpc) is 2.60. The van der Waals surface area contributed by atoms with E-state index in [1.807, 2.05) is 30.3 Å². The Kier molecular flexibility index (Phi) is 10.4. The van der Waals surface area contributed by atoms with Crippen molar-refractivity contribution >= 4 is 5.96 Å². The Labute approximate surface area is 146 Å². The van der Waals surface area contributed by atoms with Crippen molar-refractivity contribution in [2.45, 2.75) is 26.4 Å². The molecular weight excluding hydrogens is 302 g/mol. The van der Waals surface area contributed by atoms with E-state index in [0.717, 1.165) is 43.2 Å². The van der Waals surface area contributed by atoms with Crippen LogP contribution in [0.3, 0.4) is 0 Å². The van der Waals surface area contributed by atoms with Crippen LogP contribution >= 0.6 is 0 Å². The molecule has 0 aliphatic rings. The molecule has 0 aliphatic carbocycles. The number of nitrogens with zero attached hydrogens (tertiary/aromatic N) is 2. The zero-order valence-electron chi connectivity index (χ0n) is 15.3. The van der Waals surface area contributed by atoms with Crippen molar-refractivity contribution in [3.63, 3.8) is 0 Å². The summed E-state index contributed by atoms with van der Waals surface area (Å²) in [5.74, 6) is 1.77. The predicted octanol–water partition coefficient (Wildman–Crippen LogP) is 3.08. The number of nitrogens with one attached hydrogen (secondary N) is 1. The van der Waals surface area contributed by atoms with Crippen molar-refractivity contribution in [2.75, 3.05) is 40.4 Å². The van der Waals surface area contributed by atoms with E-state index in [4.69, 9.17) is 9.47 Å². The minimum absolute atomic E-state index is 0.568. The molecule has 1 N–H and O–H groups in total. The molecular formula is C19H31N3O2. The van der Waals surface area contributed by atoms with Crippen LogP contribution in [0, 0.1) is 0 Å². The third kappa shape index (κ3) is 8.02. The van der Waals surface area contributed by atoms with Crippen molar-refractivity contribution in [2.24, 2.45) is 4.99 Å². The second-order valence-electron chi connectivity index (χ2n) is 5.49. The first-order valence-electron chi connectivity index (χ1n) is 8.52. The Bertz CT molecular complexity index is 503. The smallest absolute Gasteiger partial charge is 0.193 e. The number of unbranched alkanes of at least 4 members (excludes halogenated alkanes) is 1. The van der Waals surface area contributed by atoms with Crippen molar-refractivity contribution in [3.05, 3.63) is 42.5 Å². The van der Waals surface area contributed by atoms with E-state index in [9.17, 15) is 0 Å². The van der Waals surface area contributed by atoms with Crippen LogP contribution in [-0.2, 0) is 11.3 Å². The summed E-state index contributed by atoms with van der Waals surface area (Å²) >= 11 is 0. The van der Waals surface area contributed by atoms with Gasteiger partial charge in [-0.15, -0.1) is 6.58 Å². The van der Waals surface area contributed by atoms with E-state index in [2.05, 4.69) is 35.8 Å². The number of rotatable bonds is 11. The van der Waals surface area contributed by atoms with E-state index in [1.165, 1.54) is 0 Å². The van der Waals surface area contributed by atoms with Crippen molar-refractivity contribution in [3.8, 4) is 5.75 Å². The molecule has 24 heavy (non-hydrogen) atoms. The molecule has 0 fully saturated rings. The van der Waals surface area contributed by atoms with Crippen molar-refractivity contribution in [1.82, 2.24) is 10.2 Å². The monoisotopic (exact) mass is 333 g/mol. The van der Waals surface area contributed by atoms with Gasteiger partial charge in [0.1, 0.15) is 5.75 Å². The van der Waals surface area contributed by atoms with Gasteiger partial charge >= 0.3 is 0 Å². The lowest BCUT2D eigenvalue weighted by molar-refractivity contribution is 0.128. The summed E-state index contributed by atoms with van der Waals surface area (Å²) in [6.45, 7) is 9.44. The largest absolute Gasteiger partial charge is 0.497 e. The van der Waals surface area contributed by atoms with Crippen molar-refractivity contribution < 1.29 is 9.47 Å². The molecule has 1 aromatic rings. The summed E-state index contributed by atoms with van der Waals surface area (Å²) in [6, 6.07) is 7.92. The topological polar surface area (TPSA) is 46.1 Å². The first-order chi connectivity index (χ1) is 11.7. The number of ether oxygens (including phenoxy) is 2. The van der Waals surface area contributed by atoms with E-state index in [1.54, 1.807) is 7.11 Å². The molecule has 0 saturated heterocycles. The van der Waals surface area contributed by atoms with E-state index < -0.39 is 0 Å². The second-order valence-corrected chi connectivity index (χ2v) is 5.49. The number of hydrogen-bond acceptors (Lipinski definition) is 3. The maximum Gasteiger partial charge on any atom is 0.193 e. The summed E-state index contributed by atoms with van der Waals surface area (Å²) in [5.41, 5.74) is 1.10. The lowest BCUT2D eigenvalue weighted by Crippen LogP contribution is -2.39. The molecule has 0 bridgehead atoms. The molecule has 5 nitrogen and oxygen atoms in total. The van der Waals surface area contributed by atoms with Gasteiger partial charge in [-0.2, -0.15) is 0 Å². The van der Waals surface area contributed by atoms with Crippen LogP contribution in [0.5, 0.6) is 5.75 Å². The highest BCUT2D eigenvalue weighted by Gasteiger charge is 2.04. The van der Waals surface area contributed by atoms with E-state index >= 15 is 0 Å². The van der Waals surface area contributed by atoms with Gasteiger partial charge in [-0.1, -0.05) is 18.2 Å². The highest BCUT2D eigenvalue weighted by molar-refractivity contribution is 5.79. The van der Waals surface area contributed by atoms with Gasteiger partial charge in [0.2, 0.25) is 0 Å². The molecule has 0 unspecified atom stereocenters. The Morgan fingerprint density at radius 3 is 2.96 bits per heavy atom. The third-order valence-corrected chi connectivity index (χ3v) is 3.50. The summed E-state index contributed by atoms with van der Waals surface area (Å²) < 4.78 is 10.9. The third-order valence-electron chi connectivity index (χ3n) is 3.50. The summed E-state index contributed by atoms with van der Waals surface area (Å²) in [6.07, 6.45) is 4.05. The quantitative estimate of drug-likeness (QED) is 0.293. The van der Waals surface area contributed by atoms with E-state index in [-0.39, 0.29) is 0 Å². The lowest BCUT2D eigenvalue weighted by atomic mass is 10.2. The van der Waals surface area contributed by atoms with Crippen LogP contribution in [0.25, 0.3) is 0 Å². The standard InChI is InChI=1S/C19H31N3O2/c1-5-7-8-13-22(3)19(20-6-2)21-12-14-24-16-17-10-9-11-18(15-17)23-4/h5,9-11,15H,1,6-8,12-14,16H2,2-4H3,(H,20,21). The minimum Gasteiger partial charge on any atom is -0.497 e. The van der Waals surface area contributed by atoms with Crippen molar-refractivity contribution in [1.29, 1.82) is 0 Å². The maximum atomic E-state index is 5.70. The molecule has 1 rings (SSSR count). The molecule has 134 valence electrons. The van der Waals surface area contributed by atoms with Gasteiger partial charge in [0.25, 0.3) is 0 Å². The molecule has 0 heterocycles. The predicted molar refractivity (Wildman–Crippen MR) is 101 cm³/mol. The molecule has 0 atom stereocenters. The molecule has 5 heteroatoms. The summed E-state index contributed by atoms with van der Waals surface area (Å²) in [7, 11) is 3.73. The SMILES string of the molecule is C=CCCCN(C)C(=NCCOCc1cccc(OC)c1)NCC. The molecule has 0 spiro atoms. The molecule has 0 saturated carbocycles. The van der Waals surface area contributed by atoms with Gasteiger partial charge in [-0.25, -0.2) is 0 Å². The van der Waals surface area contributed by atoms with Crippen LogP contribution < -0.4 is 10.1 Å². The first kappa shape index (κ1) is 20.0. The highest BCUT2D eigenvalue weighted by Crippen LogP contribution is 2.13. The Hall–Kier alpha value is -2.01. The fourth-order valence-corrected chi connectivity index (χ4v) is 2.22.